The van der Waals surface area contributed by atoms with Crippen LogP contribution in [0.3, 0.4) is 0 Å². The molecule has 6 nitrogen and oxygen atoms in total. The van der Waals surface area contributed by atoms with Crippen LogP contribution in [-0.2, 0) is 16.2 Å². The molecule has 0 saturated heterocycles. The third-order valence-corrected chi connectivity index (χ3v) is 12.2. The van der Waals surface area contributed by atoms with Crippen molar-refractivity contribution in [3.63, 3.8) is 0 Å². The molecule has 1 aliphatic heterocycles. The van der Waals surface area contributed by atoms with Crippen LogP contribution in [0.25, 0.3) is 49.6 Å². The fraction of sp³-hybridized carbons (Fsp3) is 0.241. The summed E-state index contributed by atoms with van der Waals surface area (Å²) in [4.78, 5) is 9.81. The zero-order valence-corrected chi connectivity index (χ0v) is 36.1. The number of rotatable bonds is 5. The van der Waals surface area contributed by atoms with Crippen LogP contribution in [0.4, 0.5) is 22.7 Å². The van der Waals surface area contributed by atoms with Crippen LogP contribution in [0.2, 0.25) is 0 Å². The molecular weight excluding hydrogens is 737 g/mol. The van der Waals surface area contributed by atoms with Crippen LogP contribution in [-0.4, -0.2) is 16.2 Å². The number of aromatic nitrogens is 2. The number of para-hydroxylation sites is 2. The lowest BCUT2D eigenvalue weighted by Crippen LogP contribution is -2.24. The summed E-state index contributed by atoms with van der Waals surface area (Å²) in [5, 5.41) is 4.41. The number of hydrogen-bond acceptors (Lipinski definition) is 5. The average Bonchev–Trinajstić information content (AvgIpc) is 3.89. The van der Waals surface area contributed by atoms with Gasteiger partial charge >= 0.3 is 0 Å². The normalized spacial score (nSPS) is 13.6. The van der Waals surface area contributed by atoms with E-state index in [2.05, 4.69) is 210 Å². The Kier molecular flexibility index (Phi) is 8.49. The van der Waals surface area contributed by atoms with Crippen LogP contribution in [0.1, 0.15) is 79.0 Å². The van der Waals surface area contributed by atoms with Crippen LogP contribution >= 0.6 is 0 Å². The Morgan fingerprint density at radius 2 is 1.23 bits per heavy atom. The molecule has 4 heterocycles. The summed E-state index contributed by atoms with van der Waals surface area (Å²) in [7, 11) is 0. The van der Waals surface area contributed by atoms with Crippen molar-refractivity contribution in [2.75, 3.05) is 16.5 Å². The average molecular weight is 789 g/mol. The number of benzene rings is 6. The Morgan fingerprint density at radius 1 is 0.550 bits per heavy atom. The first-order chi connectivity index (χ1) is 28.6. The summed E-state index contributed by atoms with van der Waals surface area (Å²) in [5.74, 6) is 2.37. The van der Waals surface area contributed by atoms with Gasteiger partial charge in [-0.25, -0.2) is 4.98 Å². The molecule has 0 radical (unpaired) electrons. The van der Waals surface area contributed by atoms with Crippen molar-refractivity contribution in [1.29, 1.82) is 0 Å². The molecule has 0 atom stereocenters. The molecule has 0 fully saturated rings. The molecule has 6 heteroatoms. The van der Waals surface area contributed by atoms with Gasteiger partial charge in [-0.1, -0.05) is 117 Å². The Hall–Kier alpha value is -6.53. The third kappa shape index (κ3) is 6.37. The molecule has 0 saturated carbocycles. The van der Waals surface area contributed by atoms with Crippen LogP contribution in [0.15, 0.2) is 144 Å². The monoisotopic (exact) mass is 788 g/mol. The smallest absolute Gasteiger partial charge is 0.161 e. The van der Waals surface area contributed by atoms with Gasteiger partial charge in [-0.3, -0.25) is 4.57 Å². The van der Waals surface area contributed by atoms with Gasteiger partial charge in [0.1, 0.15) is 35.1 Å². The molecule has 10 rings (SSSR count). The number of furan rings is 1. The highest BCUT2D eigenvalue weighted by Crippen LogP contribution is 2.47. The first kappa shape index (κ1) is 37.7. The molecule has 1 aliphatic rings. The maximum atomic E-state index is 6.96. The van der Waals surface area contributed by atoms with Gasteiger partial charge in [-0.2, -0.15) is 0 Å². The van der Waals surface area contributed by atoms with Crippen molar-refractivity contribution >= 4 is 66.5 Å². The Morgan fingerprint density at radius 3 is 1.95 bits per heavy atom. The van der Waals surface area contributed by atoms with Crippen molar-refractivity contribution < 1.29 is 9.15 Å². The van der Waals surface area contributed by atoms with Gasteiger partial charge < -0.3 is 19.0 Å². The highest BCUT2D eigenvalue weighted by molar-refractivity contribution is 6.24. The van der Waals surface area contributed by atoms with Gasteiger partial charge in [0.2, 0.25) is 0 Å². The minimum atomic E-state index is -0.119. The zero-order chi connectivity index (χ0) is 41.7. The van der Waals surface area contributed by atoms with Crippen molar-refractivity contribution in [3.05, 3.63) is 156 Å². The molecule has 0 spiro atoms. The van der Waals surface area contributed by atoms with Crippen molar-refractivity contribution in [2.24, 2.45) is 0 Å². The Bertz CT molecular complexity index is 3110. The fourth-order valence-corrected chi connectivity index (χ4v) is 8.73. The van der Waals surface area contributed by atoms with Gasteiger partial charge in [0.15, 0.2) is 5.58 Å². The quantitative estimate of drug-likeness (QED) is 0.174. The van der Waals surface area contributed by atoms with E-state index in [1.165, 1.54) is 39.1 Å². The number of ether oxygens (including phenoxy) is 1. The first-order valence-electron chi connectivity index (χ1n) is 21.1. The third-order valence-electron chi connectivity index (χ3n) is 12.2. The molecule has 0 amide bonds. The van der Waals surface area contributed by atoms with Gasteiger partial charge in [-0.05, 0) is 110 Å². The molecule has 6 aromatic carbocycles. The van der Waals surface area contributed by atoms with Gasteiger partial charge in [0.25, 0.3) is 0 Å². The van der Waals surface area contributed by atoms with Crippen LogP contribution < -0.4 is 14.5 Å². The summed E-state index contributed by atoms with van der Waals surface area (Å²) in [6.45, 7) is 21.0. The molecule has 0 unspecified atom stereocenters. The molecule has 60 heavy (non-hydrogen) atoms. The Labute approximate surface area is 352 Å². The van der Waals surface area contributed by atoms with Gasteiger partial charge in [-0.15, -0.1) is 0 Å². The molecule has 3 aromatic heterocycles. The lowest BCUT2D eigenvalue weighted by atomic mass is 9.86. The molecule has 9 aromatic rings. The van der Waals surface area contributed by atoms with E-state index in [9.17, 15) is 0 Å². The molecule has 300 valence electrons. The predicted molar refractivity (Wildman–Crippen MR) is 250 cm³/mol. The summed E-state index contributed by atoms with van der Waals surface area (Å²) in [6.07, 6.45) is 1.92. The topological polar surface area (TPSA) is 46.7 Å². The number of pyridine rings is 1. The first-order valence-corrected chi connectivity index (χ1v) is 21.1. The van der Waals surface area contributed by atoms with Crippen LogP contribution in [0, 0.1) is 0 Å². The largest absolute Gasteiger partial charge is 0.457 e. The van der Waals surface area contributed by atoms with E-state index in [1.54, 1.807) is 0 Å². The van der Waals surface area contributed by atoms with E-state index >= 15 is 0 Å². The number of anilines is 4. The van der Waals surface area contributed by atoms with E-state index in [4.69, 9.17) is 14.1 Å². The second-order valence-corrected chi connectivity index (χ2v) is 19.5. The minimum absolute atomic E-state index is 0.0568. The van der Waals surface area contributed by atoms with Gasteiger partial charge in [0.05, 0.1) is 22.3 Å². The summed E-state index contributed by atoms with van der Waals surface area (Å²) in [5.41, 5.74) is 11.9. The molecule has 0 aliphatic carbocycles. The molecule has 0 bridgehead atoms. The minimum Gasteiger partial charge on any atom is -0.457 e. The number of hydrogen-bond donors (Lipinski definition) is 0. The highest BCUT2D eigenvalue weighted by Gasteiger charge is 2.30. The molecular formula is C54H52N4O2. The van der Waals surface area contributed by atoms with Crippen molar-refractivity contribution in [3.8, 4) is 17.3 Å². The van der Waals surface area contributed by atoms with Gasteiger partial charge in [0, 0.05) is 35.1 Å². The Balaban J connectivity index is 1.10. The molecule has 0 N–H and O–H groups in total. The predicted octanol–water partition coefficient (Wildman–Crippen LogP) is 15.0. The lowest BCUT2D eigenvalue weighted by Gasteiger charge is -2.26. The number of nitrogens with zero attached hydrogens (tertiary/aromatic N) is 4. The SMILES string of the molecule is CC(C)(C)c1ccc(N2CN(c3cc(Oc4ccc5c6oc7ccc8ccccc8c7c6n(-c6cc(C(C)(C)C)ccn6)c5c4)cc(C(C)(C)C)c3)c3ccccc32)cc1. The second kappa shape index (κ2) is 13.5. The van der Waals surface area contributed by atoms with Crippen molar-refractivity contribution in [1.82, 2.24) is 9.55 Å². The summed E-state index contributed by atoms with van der Waals surface area (Å²) >= 11 is 0. The summed E-state index contributed by atoms with van der Waals surface area (Å²) < 4.78 is 16.0. The maximum Gasteiger partial charge on any atom is 0.161 e. The summed E-state index contributed by atoms with van der Waals surface area (Å²) in [6, 6.07) is 47.8. The second-order valence-electron chi connectivity index (χ2n) is 19.5. The van der Waals surface area contributed by atoms with Crippen molar-refractivity contribution in [2.45, 2.75) is 78.6 Å². The zero-order valence-electron chi connectivity index (χ0n) is 36.1. The van der Waals surface area contributed by atoms with E-state index < -0.39 is 0 Å². The lowest BCUT2D eigenvalue weighted by molar-refractivity contribution is 0.479. The fourth-order valence-electron chi connectivity index (χ4n) is 8.73. The standard InChI is InChI=1S/C54H52N4O2/c1-52(2,3)35-19-21-38(22-20-35)56-33-57(45-17-13-12-16-44(45)56)39-28-37(54(7,8)9)29-41(31-39)59-40-23-24-43-46(32-40)58(48-30-36(26-27-55-48)53(4,5)6)50-49-42-15-11-10-14-34(42)18-25-47(49)60-51(43)50/h10-32H,33H2,1-9H3. The van der Waals surface area contributed by atoms with E-state index in [-0.39, 0.29) is 16.2 Å². The van der Waals surface area contributed by atoms with Crippen LogP contribution in [0.5, 0.6) is 11.5 Å². The highest BCUT2D eigenvalue weighted by atomic mass is 16.5. The van der Waals surface area contributed by atoms with E-state index in [0.717, 1.165) is 61.4 Å². The number of fused-ring (bicyclic) bond motifs is 8. The van der Waals surface area contributed by atoms with E-state index in [0.29, 0.717) is 6.67 Å². The van der Waals surface area contributed by atoms with E-state index in [1.807, 2.05) is 6.20 Å². The maximum absolute atomic E-state index is 6.96.